The van der Waals surface area contributed by atoms with Gasteiger partial charge in [0.2, 0.25) is 5.91 Å². The van der Waals surface area contributed by atoms with Gasteiger partial charge in [0, 0.05) is 0 Å². The van der Waals surface area contributed by atoms with Crippen LogP contribution in [0.3, 0.4) is 0 Å². The molecule has 0 unspecified atom stereocenters. The molecule has 0 aliphatic carbocycles. The van der Waals surface area contributed by atoms with Crippen molar-refractivity contribution in [3.63, 3.8) is 0 Å². The summed E-state index contributed by atoms with van der Waals surface area (Å²) in [6, 6.07) is -0.742. The van der Waals surface area contributed by atoms with Crippen molar-refractivity contribution in [2.75, 3.05) is 6.61 Å². The number of aliphatic hydroxyl groups is 1. The first kappa shape index (κ1) is 12.9. The number of esters is 1. The molecule has 0 aromatic heterocycles. The third-order valence-corrected chi connectivity index (χ3v) is 1.28. The van der Waals surface area contributed by atoms with E-state index in [2.05, 4.69) is 5.32 Å². The molecule has 2 N–H and O–H groups in total. The number of carbonyl (C=O) groups excluding carboxylic acids is 2. The highest BCUT2D eigenvalue weighted by atomic mass is 16.6. The molecule has 0 bridgehead atoms. The van der Waals surface area contributed by atoms with Gasteiger partial charge in [-0.3, -0.25) is 4.79 Å². The van der Waals surface area contributed by atoms with E-state index in [0.29, 0.717) is 0 Å². The Kier molecular flexibility index (Phi) is 4.56. The first-order valence-corrected chi connectivity index (χ1v) is 4.39. The van der Waals surface area contributed by atoms with Crippen LogP contribution in [-0.4, -0.2) is 35.2 Å². The van der Waals surface area contributed by atoms with Crippen molar-refractivity contribution in [3.8, 4) is 0 Å². The molecule has 0 aromatic rings. The highest BCUT2D eigenvalue weighted by molar-refractivity contribution is 5.84. The quantitative estimate of drug-likeness (QED) is 0.624. The number of rotatable bonds is 3. The van der Waals surface area contributed by atoms with E-state index in [4.69, 9.17) is 9.84 Å². The van der Waals surface area contributed by atoms with Crippen LogP contribution in [0.15, 0.2) is 0 Å². The maximum Gasteiger partial charge on any atom is 0.328 e. The van der Waals surface area contributed by atoms with Crippen molar-refractivity contribution in [2.45, 2.75) is 39.3 Å². The highest BCUT2D eigenvalue weighted by Gasteiger charge is 2.22. The molecule has 0 aliphatic rings. The lowest BCUT2D eigenvalue weighted by Crippen LogP contribution is -2.43. The molecule has 0 aliphatic heterocycles. The molecule has 0 fully saturated rings. The zero-order valence-electron chi connectivity index (χ0n) is 8.96. The second kappa shape index (κ2) is 4.95. The Balaban J connectivity index is 4.07. The number of hydrogen-bond donors (Lipinski definition) is 2. The van der Waals surface area contributed by atoms with E-state index in [1.165, 1.54) is 6.92 Å². The lowest BCUT2D eigenvalue weighted by molar-refractivity contribution is -0.158. The van der Waals surface area contributed by atoms with Crippen molar-refractivity contribution in [3.05, 3.63) is 0 Å². The lowest BCUT2D eigenvalue weighted by Gasteiger charge is -2.22. The smallest absolute Gasteiger partial charge is 0.328 e. The van der Waals surface area contributed by atoms with Crippen molar-refractivity contribution in [1.82, 2.24) is 5.32 Å². The Labute approximate surface area is 83.4 Å². The van der Waals surface area contributed by atoms with Crippen molar-refractivity contribution >= 4 is 11.9 Å². The van der Waals surface area contributed by atoms with Gasteiger partial charge in [0.1, 0.15) is 18.2 Å². The van der Waals surface area contributed by atoms with E-state index in [1.807, 2.05) is 0 Å². The Hall–Kier alpha value is -1.10. The Morgan fingerprint density at radius 1 is 1.43 bits per heavy atom. The standard InChI is InChI=1S/C9H17NO4/c1-6(10-7(12)5-11)8(13)14-9(2,3)4/h6,11H,5H2,1-4H3,(H,10,12)/t6-/m1/s1. The molecule has 82 valence electrons. The minimum atomic E-state index is -0.742. The second-order valence-corrected chi connectivity index (χ2v) is 3.98. The van der Waals surface area contributed by atoms with Crippen LogP contribution in [-0.2, 0) is 14.3 Å². The summed E-state index contributed by atoms with van der Waals surface area (Å²) >= 11 is 0. The molecule has 0 heterocycles. The summed E-state index contributed by atoms with van der Waals surface area (Å²) in [5, 5.41) is 10.7. The van der Waals surface area contributed by atoms with E-state index in [9.17, 15) is 9.59 Å². The van der Waals surface area contributed by atoms with E-state index >= 15 is 0 Å². The summed E-state index contributed by atoms with van der Waals surface area (Å²) in [5.41, 5.74) is -0.574. The number of aliphatic hydroxyl groups excluding tert-OH is 1. The summed E-state index contributed by atoms with van der Waals surface area (Å²) in [6.45, 7) is 6.09. The van der Waals surface area contributed by atoms with E-state index in [0.717, 1.165) is 0 Å². The van der Waals surface area contributed by atoms with Gasteiger partial charge in [-0.2, -0.15) is 0 Å². The number of nitrogens with one attached hydrogen (secondary N) is 1. The first-order chi connectivity index (χ1) is 6.26. The number of amides is 1. The average Bonchev–Trinajstić information content (AvgIpc) is 2.00. The van der Waals surface area contributed by atoms with Gasteiger partial charge in [-0.05, 0) is 27.7 Å². The fourth-order valence-electron chi connectivity index (χ4n) is 0.736. The van der Waals surface area contributed by atoms with Gasteiger partial charge in [0.15, 0.2) is 0 Å². The van der Waals surface area contributed by atoms with Crippen LogP contribution < -0.4 is 5.32 Å². The summed E-state index contributed by atoms with van der Waals surface area (Å²) in [7, 11) is 0. The normalized spacial score (nSPS) is 13.2. The molecule has 5 nitrogen and oxygen atoms in total. The van der Waals surface area contributed by atoms with Gasteiger partial charge < -0.3 is 15.2 Å². The van der Waals surface area contributed by atoms with E-state index < -0.39 is 30.1 Å². The van der Waals surface area contributed by atoms with E-state index in [1.54, 1.807) is 20.8 Å². The number of carbonyl (C=O) groups is 2. The lowest BCUT2D eigenvalue weighted by atomic mass is 10.2. The van der Waals surface area contributed by atoms with Crippen LogP contribution in [0.5, 0.6) is 0 Å². The van der Waals surface area contributed by atoms with Crippen LogP contribution in [0.2, 0.25) is 0 Å². The minimum Gasteiger partial charge on any atom is -0.458 e. The predicted molar refractivity (Wildman–Crippen MR) is 50.5 cm³/mol. The third-order valence-electron chi connectivity index (χ3n) is 1.28. The SMILES string of the molecule is C[C@@H](NC(=O)CO)C(=O)OC(C)(C)C. The van der Waals surface area contributed by atoms with Crippen molar-refractivity contribution < 1.29 is 19.4 Å². The largest absolute Gasteiger partial charge is 0.458 e. The van der Waals surface area contributed by atoms with Gasteiger partial charge >= 0.3 is 5.97 Å². The predicted octanol–water partition coefficient (Wildman–Crippen LogP) is -0.175. The summed E-state index contributed by atoms with van der Waals surface area (Å²) in [5.74, 6) is -1.11. The molecule has 0 aromatic carbocycles. The zero-order valence-corrected chi connectivity index (χ0v) is 8.96. The molecule has 0 rings (SSSR count). The van der Waals surface area contributed by atoms with Gasteiger partial charge in [-0.25, -0.2) is 4.79 Å². The van der Waals surface area contributed by atoms with Gasteiger partial charge in [0.25, 0.3) is 0 Å². The fourth-order valence-corrected chi connectivity index (χ4v) is 0.736. The van der Waals surface area contributed by atoms with Gasteiger partial charge in [-0.1, -0.05) is 0 Å². The first-order valence-electron chi connectivity index (χ1n) is 4.39. The van der Waals surface area contributed by atoms with Crippen LogP contribution in [0.25, 0.3) is 0 Å². The molecular formula is C9H17NO4. The van der Waals surface area contributed by atoms with Crippen LogP contribution >= 0.6 is 0 Å². The number of ether oxygens (including phenoxy) is 1. The molecule has 0 saturated carbocycles. The molecule has 0 spiro atoms. The summed E-state index contributed by atoms with van der Waals surface area (Å²) in [4.78, 5) is 22.0. The van der Waals surface area contributed by atoms with Crippen LogP contribution in [0.1, 0.15) is 27.7 Å². The average molecular weight is 203 g/mol. The summed E-state index contributed by atoms with van der Waals surface area (Å²) in [6.07, 6.45) is 0. The van der Waals surface area contributed by atoms with Crippen molar-refractivity contribution in [2.24, 2.45) is 0 Å². The highest BCUT2D eigenvalue weighted by Crippen LogP contribution is 2.08. The Bertz CT molecular complexity index is 219. The topological polar surface area (TPSA) is 75.6 Å². The zero-order chi connectivity index (χ0) is 11.4. The molecule has 1 amide bonds. The molecule has 0 saturated heterocycles. The van der Waals surface area contributed by atoms with Gasteiger partial charge in [-0.15, -0.1) is 0 Å². The molecule has 1 atom stereocenters. The molecule has 14 heavy (non-hydrogen) atoms. The number of hydrogen-bond acceptors (Lipinski definition) is 4. The second-order valence-electron chi connectivity index (χ2n) is 3.98. The molecular weight excluding hydrogens is 186 g/mol. The fraction of sp³-hybridized carbons (Fsp3) is 0.778. The maximum atomic E-state index is 11.3. The Morgan fingerprint density at radius 2 is 1.93 bits per heavy atom. The minimum absolute atomic E-state index is 0.515. The molecule has 5 heteroatoms. The van der Waals surface area contributed by atoms with Crippen LogP contribution in [0.4, 0.5) is 0 Å². The Morgan fingerprint density at radius 3 is 2.29 bits per heavy atom. The summed E-state index contributed by atoms with van der Waals surface area (Å²) < 4.78 is 5.01. The van der Waals surface area contributed by atoms with E-state index in [-0.39, 0.29) is 0 Å². The third kappa shape index (κ3) is 5.53. The molecule has 0 radical (unpaired) electrons. The monoisotopic (exact) mass is 203 g/mol. The van der Waals surface area contributed by atoms with Gasteiger partial charge in [0.05, 0.1) is 0 Å². The maximum absolute atomic E-state index is 11.3. The van der Waals surface area contributed by atoms with Crippen molar-refractivity contribution in [1.29, 1.82) is 0 Å². The van der Waals surface area contributed by atoms with Crippen LogP contribution in [0, 0.1) is 0 Å².